The van der Waals surface area contributed by atoms with Crippen molar-refractivity contribution in [2.45, 2.75) is 206 Å². The van der Waals surface area contributed by atoms with E-state index in [0.29, 0.717) is 0 Å². The van der Waals surface area contributed by atoms with E-state index in [1.807, 2.05) is 0 Å². The van der Waals surface area contributed by atoms with Crippen LogP contribution in [-0.4, -0.2) is 0 Å². The molecule has 0 aliphatic rings. The Morgan fingerprint density at radius 3 is 0.846 bits per heavy atom. The van der Waals surface area contributed by atoms with Crippen LogP contribution in [0.25, 0.3) is 0 Å². The first-order valence-electron chi connectivity index (χ1n) is 18.2. The number of aromatic nitrogens is 1. The van der Waals surface area contributed by atoms with Gasteiger partial charge < -0.3 is 0 Å². The van der Waals surface area contributed by atoms with Gasteiger partial charge in [-0.2, -0.15) is 0 Å². The zero-order valence-corrected chi connectivity index (χ0v) is 27.4. The van der Waals surface area contributed by atoms with Crippen molar-refractivity contribution in [3.8, 4) is 0 Å². The minimum absolute atomic E-state index is 1.26. The molecule has 0 saturated carbocycles. The molecule has 1 heteroatoms. The molecule has 1 nitrogen and oxygen atoms in total. The Kier molecular flexibility index (Phi) is 26.6. The fraction of sp³-hybridized carbons (Fsp3) is 0.868. The number of pyridine rings is 1. The summed E-state index contributed by atoms with van der Waals surface area (Å²) in [5.74, 6) is 0. The van der Waals surface area contributed by atoms with Crippen LogP contribution in [0.4, 0.5) is 0 Å². The molecule has 0 aliphatic heterocycles. The molecular weight excluding hydrogens is 470 g/mol. The lowest BCUT2D eigenvalue weighted by molar-refractivity contribution is -0.672. The Morgan fingerprint density at radius 1 is 0.359 bits per heavy atom. The molecule has 0 spiro atoms. The summed E-state index contributed by atoms with van der Waals surface area (Å²) in [6, 6.07) is 2.50. The number of hydrogen-bond donors (Lipinski definition) is 0. The number of unbranched alkanes of at least 4 members (excludes halogenated alkanes) is 26. The Balaban J connectivity index is 1.95. The van der Waals surface area contributed by atoms with Gasteiger partial charge in [0.2, 0.25) is 0 Å². The maximum absolute atomic E-state index is 2.50. The van der Waals surface area contributed by atoms with Gasteiger partial charge in [-0.25, -0.2) is 4.57 Å². The van der Waals surface area contributed by atoms with Crippen molar-refractivity contribution in [2.75, 3.05) is 0 Å². The summed E-state index contributed by atoms with van der Waals surface area (Å²) in [6.07, 6.45) is 47.6. The third-order valence-electron chi connectivity index (χ3n) is 8.75. The number of rotatable bonds is 30. The van der Waals surface area contributed by atoms with Gasteiger partial charge >= 0.3 is 0 Å². The molecule has 228 valence electrons. The van der Waals surface area contributed by atoms with E-state index < -0.39 is 0 Å². The van der Waals surface area contributed by atoms with Gasteiger partial charge in [0.05, 0.1) is 0 Å². The topological polar surface area (TPSA) is 3.88 Å². The third kappa shape index (κ3) is 24.7. The molecule has 0 amide bonds. The lowest BCUT2D eigenvalue weighted by atomic mass is 10.0. The van der Waals surface area contributed by atoms with Gasteiger partial charge in [-0.1, -0.05) is 181 Å². The van der Waals surface area contributed by atoms with Crippen LogP contribution in [0.5, 0.6) is 0 Å². The molecule has 0 radical (unpaired) electrons. The van der Waals surface area contributed by atoms with Crippen LogP contribution < -0.4 is 4.57 Å². The van der Waals surface area contributed by atoms with E-state index in [0.717, 1.165) is 0 Å². The van der Waals surface area contributed by atoms with Gasteiger partial charge in [0.25, 0.3) is 0 Å². The standard InChI is InChI=1S/C38H72N/c1-4-6-8-10-12-14-16-18-20-22-24-26-28-30-32-37-34-38(36-39(3)35-37)33-31-29-27-25-23-21-19-17-15-13-11-9-7-5-2/h34-36H,4-33H2,1-3H3/q+1. The highest BCUT2D eigenvalue weighted by Gasteiger charge is 2.05. The van der Waals surface area contributed by atoms with E-state index in [1.165, 1.54) is 193 Å². The van der Waals surface area contributed by atoms with Crippen molar-refractivity contribution in [2.24, 2.45) is 7.05 Å². The van der Waals surface area contributed by atoms with E-state index >= 15 is 0 Å². The van der Waals surface area contributed by atoms with Crippen LogP contribution in [0.1, 0.15) is 205 Å². The molecule has 0 aromatic carbocycles. The van der Waals surface area contributed by atoms with Gasteiger partial charge in [0, 0.05) is 11.1 Å². The molecular formula is C38H72N+. The molecule has 0 saturated heterocycles. The summed E-state index contributed by atoms with van der Waals surface area (Å²) in [4.78, 5) is 0. The highest BCUT2D eigenvalue weighted by molar-refractivity contribution is 5.15. The van der Waals surface area contributed by atoms with Crippen LogP contribution in [0.15, 0.2) is 18.5 Å². The predicted octanol–water partition coefficient (Wildman–Crippen LogP) is 12.6. The van der Waals surface area contributed by atoms with Crippen molar-refractivity contribution in [3.05, 3.63) is 29.6 Å². The Hall–Kier alpha value is -0.850. The zero-order chi connectivity index (χ0) is 28.1. The van der Waals surface area contributed by atoms with E-state index in [9.17, 15) is 0 Å². The second kappa shape index (κ2) is 28.7. The highest BCUT2D eigenvalue weighted by Crippen LogP contribution is 2.16. The molecule has 0 N–H and O–H groups in total. The molecule has 1 rings (SSSR count). The Morgan fingerprint density at radius 2 is 0.590 bits per heavy atom. The second-order valence-electron chi connectivity index (χ2n) is 12.9. The smallest absolute Gasteiger partial charge is 0.171 e. The van der Waals surface area contributed by atoms with Crippen LogP contribution >= 0.6 is 0 Å². The minimum atomic E-state index is 1.26. The van der Waals surface area contributed by atoms with Gasteiger partial charge in [-0.05, 0) is 31.7 Å². The van der Waals surface area contributed by atoms with E-state index in [2.05, 4.69) is 43.9 Å². The number of aryl methyl sites for hydroxylation is 3. The van der Waals surface area contributed by atoms with Crippen molar-refractivity contribution in [1.82, 2.24) is 0 Å². The normalized spacial score (nSPS) is 11.5. The largest absolute Gasteiger partial charge is 0.207 e. The van der Waals surface area contributed by atoms with Crippen LogP contribution in [0.3, 0.4) is 0 Å². The van der Waals surface area contributed by atoms with Gasteiger partial charge in [0.1, 0.15) is 7.05 Å². The molecule has 0 unspecified atom stereocenters. The Bertz CT molecular complexity index is 571. The lowest BCUT2D eigenvalue weighted by Gasteiger charge is -2.06. The zero-order valence-electron chi connectivity index (χ0n) is 27.4. The summed E-state index contributed by atoms with van der Waals surface area (Å²) < 4.78 is 2.30. The van der Waals surface area contributed by atoms with E-state index in [4.69, 9.17) is 0 Å². The summed E-state index contributed by atoms with van der Waals surface area (Å²) in [5.41, 5.74) is 3.11. The number of nitrogens with zero attached hydrogens (tertiary/aromatic N) is 1. The average Bonchev–Trinajstić information content (AvgIpc) is 2.93. The summed E-state index contributed by atoms with van der Waals surface area (Å²) in [5, 5.41) is 0. The fourth-order valence-electron chi connectivity index (χ4n) is 6.19. The third-order valence-corrected chi connectivity index (χ3v) is 8.75. The highest BCUT2D eigenvalue weighted by atomic mass is 14.9. The molecule has 0 atom stereocenters. The maximum Gasteiger partial charge on any atom is 0.171 e. The quantitative estimate of drug-likeness (QED) is 0.0672. The second-order valence-corrected chi connectivity index (χ2v) is 12.9. The van der Waals surface area contributed by atoms with Crippen LogP contribution in [0, 0.1) is 0 Å². The van der Waals surface area contributed by atoms with Gasteiger partial charge in [-0.15, -0.1) is 0 Å². The van der Waals surface area contributed by atoms with Crippen molar-refractivity contribution in [1.29, 1.82) is 0 Å². The molecule has 0 aliphatic carbocycles. The van der Waals surface area contributed by atoms with Crippen molar-refractivity contribution < 1.29 is 4.57 Å². The molecule has 39 heavy (non-hydrogen) atoms. The van der Waals surface area contributed by atoms with Gasteiger partial charge in [0.15, 0.2) is 12.4 Å². The summed E-state index contributed by atoms with van der Waals surface area (Å²) in [6.45, 7) is 4.61. The number of hydrogen-bond acceptors (Lipinski definition) is 0. The molecule has 1 aromatic rings. The first-order valence-corrected chi connectivity index (χ1v) is 18.2. The van der Waals surface area contributed by atoms with Crippen LogP contribution in [-0.2, 0) is 19.9 Å². The summed E-state index contributed by atoms with van der Waals surface area (Å²) in [7, 11) is 2.21. The SMILES string of the molecule is CCCCCCCCCCCCCCCCc1cc(CCCCCCCCCCCCCCCC)c[n+](C)c1. The van der Waals surface area contributed by atoms with E-state index in [-0.39, 0.29) is 0 Å². The van der Waals surface area contributed by atoms with Crippen LogP contribution in [0.2, 0.25) is 0 Å². The fourth-order valence-corrected chi connectivity index (χ4v) is 6.19. The monoisotopic (exact) mass is 543 g/mol. The molecule has 1 heterocycles. The molecule has 0 bridgehead atoms. The lowest BCUT2D eigenvalue weighted by Crippen LogP contribution is -2.28. The first kappa shape index (κ1) is 36.2. The first-order chi connectivity index (χ1) is 19.3. The van der Waals surface area contributed by atoms with Gasteiger partial charge in [-0.3, -0.25) is 0 Å². The molecule has 0 fully saturated rings. The molecule has 1 aromatic heterocycles. The average molecular weight is 543 g/mol. The van der Waals surface area contributed by atoms with Crippen molar-refractivity contribution >= 4 is 0 Å². The van der Waals surface area contributed by atoms with Crippen molar-refractivity contribution in [3.63, 3.8) is 0 Å². The minimum Gasteiger partial charge on any atom is -0.207 e. The summed E-state index contributed by atoms with van der Waals surface area (Å²) >= 11 is 0. The van der Waals surface area contributed by atoms with E-state index in [1.54, 1.807) is 11.1 Å². The Labute approximate surface area is 247 Å². The maximum atomic E-state index is 2.50. The predicted molar refractivity (Wildman–Crippen MR) is 176 cm³/mol.